The van der Waals surface area contributed by atoms with Crippen LogP contribution in [0.25, 0.3) is 11.0 Å². The SMILES string of the molecule is COC(=O)c1nc2ccccc2nc1N1CCN(c2cccc(Cl)c2)CC1. The number of anilines is 2. The van der Waals surface area contributed by atoms with Crippen molar-refractivity contribution in [1.29, 1.82) is 0 Å². The molecule has 27 heavy (non-hydrogen) atoms. The molecule has 4 rings (SSSR count). The van der Waals surface area contributed by atoms with Crippen LogP contribution in [0.3, 0.4) is 0 Å². The average molecular weight is 383 g/mol. The topological polar surface area (TPSA) is 58.6 Å². The zero-order valence-corrected chi connectivity index (χ0v) is 15.7. The van der Waals surface area contributed by atoms with Crippen LogP contribution < -0.4 is 9.80 Å². The second-order valence-electron chi connectivity index (χ2n) is 6.33. The van der Waals surface area contributed by atoms with Gasteiger partial charge < -0.3 is 14.5 Å². The molecule has 0 amide bonds. The van der Waals surface area contributed by atoms with E-state index in [1.54, 1.807) is 0 Å². The molecule has 0 bridgehead atoms. The number of fused-ring (bicyclic) bond motifs is 1. The molecule has 7 heteroatoms. The summed E-state index contributed by atoms with van der Waals surface area (Å²) < 4.78 is 4.93. The van der Waals surface area contributed by atoms with Crippen LogP contribution in [0.2, 0.25) is 5.02 Å². The molecule has 1 fully saturated rings. The highest BCUT2D eigenvalue weighted by Gasteiger charge is 2.25. The highest BCUT2D eigenvalue weighted by molar-refractivity contribution is 6.30. The van der Waals surface area contributed by atoms with E-state index < -0.39 is 5.97 Å². The zero-order valence-electron chi connectivity index (χ0n) is 14.9. The number of benzene rings is 2. The quantitative estimate of drug-likeness (QED) is 0.647. The molecule has 138 valence electrons. The number of ether oxygens (including phenoxy) is 1. The minimum atomic E-state index is -0.472. The highest BCUT2D eigenvalue weighted by atomic mass is 35.5. The molecule has 2 heterocycles. The Morgan fingerprint density at radius 1 is 0.963 bits per heavy atom. The van der Waals surface area contributed by atoms with Crippen molar-refractivity contribution < 1.29 is 9.53 Å². The van der Waals surface area contributed by atoms with E-state index in [9.17, 15) is 4.79 Å². The third-order valence-electron chi connectivity index (χ3n) is 4.68. The van der Waals surface area contributed by atoms with Gasteiger partial charge in [-0.25, -0.2) is 14.8 Å². The van der Waals surface area contributed by atoms with Gasteiger partial charge in [0.25, 0.3) is 0 Å². The first kappa shape index (κ1) is 17.5. The third kappa shape index (κ3) is 3.53. The molecule has 0 unspecified atom stereocenters. The summed E-state index contributed by atoms with van der Waals surface area (Å²) in [5.41, 5.74) is 2.80. The fraction of sp³-hybridized carbons (Fsp3) is 0.250. The number of halogens is 1. The van der Waals surface area contributed by atoms with Gasteiger partial charge in [-0.2, -0.15) is 0 Å². The number of esters is 1. The molecule has 0 atom stereocenters. The van der Waals surface area contributed by atoms with Crippen molar-refractivity contribution in [2.75, 3.05) is 43.1 Å². The second-order valence-corrected chi connectivity index (χ2v) is 6.77. The molecule has 0 spiro atoms. The van der Waals surface area contributed by atoms with Gasteiger partial charge in [0.2, 0.25) is 0 Å². The Balaban J connectivity index is 1.62. The molecular weight excluding hydrogens is 364 g/mol. The smallest absolute Gasteiger partial charge is 0.360 e. The second kappa shape index (κ2) is 7.40. The van der Waals surface area contributed by atoms with Crippen LogP contribution in [0.1, 0.15) is 10.5 Å². The number of para-hydroxylation sites is 2. The fourth-order valence-corrected chi connectivity index (χ4v) is 3.48. The van der Waals surface area contributed by atoms with Crippen molar-refractivity contribution in [3.05, 3.63) is 59.2 Å². The number of hydrogen-bond donors (Lipinski definition) is 0. The van der Waals surface area contributed by atoms with Crippen LogP contribution in [0.15, 0.2) is 48.5 Å². The number of rotatable bonds is 3. The largest absolute Gasteiger partial charge is 0.464 e. The van der Waals surface area contributed by atoms with Crippen LogP contribution in [0.5, 0.6) is 0 Å². The maximum absolute atomic E-state index is 12.3. The Labute approximate surface area is 162 Å². The summed E-state index contributed by atoms with van der Waals surface area (Å²) in [6.45, 7) is 3.05. The maximum Gasteiger partial charge on any atom is 0.360 e. The zero-order chi connectivity index (χ0) is 18.8. The third-order valence-corrected chi connectivity index (χ3v) is 4.92. The predicted octanol–water partition coefficient (Wildman–Crippen LogP) is 3.40. The Kier molecular flexibility index (Phi) is 4.81. The first-order valence-electron chi connectivity index (χ1n) is 8.76. The van der Waals surface area contributed by atoms with Gasteiger partial charge in [0.05, 0.1) is 18.1 Å². The van der Waals surface area contributed by atoms with E-state index in [1.165, 1.54) is 7.11 Å². The molecule has 0 radical (unpaired) electrons. The molecule has 1 aliphatic rings. The van der Waals surface area contributed by atoms with E-state index in [1.807, 2.05) is 42.5 Å². The first-order valence-corrected chi connectivity index (χ1v) is 9.14. The average Bonchev–Trinajstić information content (AvgIpc) is 2.72. The molecule has 1 saturated heterocycles. The molecule has 1 aliphatic heterocycles. The molecule has 0 aliphatic carbocycles. The molecular formula is C20H19ClN4O2. The summed E-state index contributed by atoms with van der Waals surface area (Å²) >= 11 is 6.11. The van der Waals surface area contributed by atoms with Gasteiger partial charge in [0.1, 0.15) is 0 Å². The summed E-state index contributed by atoms with van der Waals surface area (Å²) in [7, 11) is 1.36. The Bertz CT molecular complexity index is 987. The fourth-order valence-electron chi connectivity index (χ4n) is 3.29. The van der Waals surface area contributed by atoms with Crippen molar-refractivity contribution in [3.63, 3.8) is 0 Å². The number of aromatic nitrogens is 2. The number of nitrogens with zero attached hydrogens (tertiary/aromatic N) is 4. The van der Waals surface area contributed by atoms with Gasteiger partial charge in [0.15, 0.2) is 11.5 Å². The summed E-state index contributed by atoms with van der Waals surface area (Å²) in [4.78, 5) is 25.8. The molecule has 0 saturated carbocycles. The Morgan fingerprint density at radius 2 is 1.63 bits per heavy atom. The normalized spacial score (nSPS) is 14.4. The number of methoxy groups -OCH3 is 1. The van der Waals surface area contributed by atoms with E-state index in [2.05, 4.69) is 20.9 Å². The van der Waals surface area contributed by atoms with Gasteiger partial charge >= 0.3 is 5.97 Å². The number of carbonyl (C=O) groups is 1. The monoisotopic (exact) mass is 382 g/mol. The first-order chi connectivity index (χ1) is 13.2. The number of hydrogen-bond acceptors (Lipinski definition) is 6. The van der Waals surface area contributed by atoms with Gasteiger partial charge in [-0.3, -0.25) is 0 Å². The van der Waals surface area contributed by atoms with Crippen molar-refractivity contribution in [2.45, 2.75) is 0 Å². The van der Waals surface area contributed by atoms with Crippen LogP contribution in [-0.4, -0.2) is 49.2 Å². The van der Waals surface area contributed by atoms with Gasteiger partial charge in [0, 0.05) is 36.9 Å². The van der Waals surface area contributed by atoms with E-state index in [0.29, 0.717) is 11.3 Å². The van der Waals surface area contributed by atoms with Crippen molar-refractivity contribution >= 4 is 40.1 Å². The van der Waals surface area contributed by atoms with E-state index >= 15 is 0 Å². The lowest BCUT2D eigenvalue weighted by Crippen LogP contribution is -2.47. The standard InChI is InChI=1S/C20H19ClN4O2/c1-27-20(26)18-19(23-17-8-3-2-7-16(17)22-18)25-11-9-24(10-12-25)15-6-4-5-14(21)13-15/h2-8,13H,9-12H2,1H3. The van der Waals surface area contributed by atoms with Gasteiger partial charge in [-0.05, 0) is 30.3 Å². The summed E-state index contributed by atoms with van der Waals surface area (Å²) in [6, 6.07) is 15.4. The van der Waals surface area contributed by atoms with Crippen LogP contribution in [-0.2, 0) is 4.74 Å². The van der Waals surface area contributed by atoms with Crippen LogP contribution in [0, 0.1) is 0 Å². The highest BCUT2D eigenvalue weighted by Crippen LogP contribution is 2.25. The lowest BCUT2D eigenvalue weighted by Gasteiger charge is -2.37. The Hall–Kier alpha value is -2.86. The molecule has 6 nitrogen and oxygen atoms in total. The predicted molar refractivity (Wildman–Crippen MR) is 107 cm³/mol. The Morgan fingerprint density at radius 3 is 2.30 bits per heavy atom. The molecule has 3 aromatic rings. The summed E-state index contributed by atoms with van der Waals surface area (Å²) in [5.74, 6) is 0.104. The summed E-state index contributed by atoms with van der Waals surface area (Å²) in [5, 5.41) is 0.725. The van der Waals surface area contributed by atoms with Crippen molar-refractivity contribution in [2.24, 2.45) is 0 Å². The van der Waals surface area contributed by atoms with E-state index in [4.69, 9.17) is 21.3 Å². The molecule has 2 aromatic carbocycles. The lowest BCUT2D eigenvalue weighted by molar-refractivity contribution is 0.0595. The van der Waals surface area contributed by atoms with Crippen LogP contribution >= 0.6 is 11.6 Å². The lowest BCUT2D eigenvalue weighted by atomic mass is 10.2. The van der Waals surface area contributed by atoms with Crippen LogP contribution in [0.4, 0.5) is 11.5 Å². The van der Waals surface area contributed by atoms with Gasteiger partial charge in [-0.15, -0.1) is 0 Å². The number of carbonyl (C=O) groups excluding carboxylic acids is 1. The molecule has 1 aromatic heterocycles. The minimum Gasteiger partial charge on any atom is -0.464 e. The summed E-state index contributed by atoms with van der Waals surface area (Å²) in [6.07, 6.45) is 0. The maximum atomic E-state index is 12.3. The van der Waals surface area contributed by atoms with E-state index in [-0.39, 0.29) is 5.69 Å². The molecule has 0 N–H and O–H groups in total. The number of piperazine rings is 1. The van der Waals surface area contributed by atoms with Crippen molar-refractivity contribution in [1.82, 2.24) is 9.97 Å². The van der Waals surface area contributed by atoms with Gasteiger partial charge in [-0.1, -0.05) is 29.8 Å². The minimum absolute atomic E-state index is 0.257. The van der Waals surface area contributed by atoms with Crippen molar-refractivity contribution in [3.8, 4) is 0 Å². The van der Waals surface area contributed by atoms with E-state index in [0.717, 1.165) is 42.4 Å².